The van der Waals surface area contributed by atoms with Gasteiger partial charge in [0.2, 0.25) is 0 Å². The number of carbonyl (C=O) groups excluding carboxylic acids is 1. The topological polar surface area (TPSA) is 72.0 Å². The summed E-state index contributed by atoms with van der Waals surface area (Å²) in [4.78, 5) is 16.2. The monoisotopic (exact) mass is 387 g/mol. The molecule has 6 heteroatoms. The number of ether oxygens (including phenoxy) is 2. The van der Waals surface area contributed by atoms with Gasteiger partial charge in [0.1, 0.15) is 5.75 Å². The van der Waals surface area contributed by atoms with Gasteiger partial charge in [0.05, 0.1) is 19.1 Å². The molecule has 2 saturated carbocycles. The summed E-state index contributed by atoms with van der Waals surface area (Å²) >= 11 is 0. The molecule has 0 atom stereocenters. The van der Waals surface area contributed by atoms with Crippen LogP contribution in [0.3, 0.4) is 0 Å². The Morgan fingerprint density at radius 2 is 1.89 bits per heavy atom. The molecule has 0 aliphatic heterocycles. The zero-order valence-electron chi connectivity index (χ0n) is 17.1. The van der Waals surface area contributed by atoms with Crippen molar-refractivity contribution < 1.29 is 14.3 Å². The number of hydrogen-bond acceptors (Lipinski definition) is 4. The van der Waals surface area contributed by atoms with Crippen molar-refractivity contribution in [3.63, 3.8) is 0 Å². The normalized spacial score (nSPS) is 22.4. The molecule has 6 nitrogen and oxygen atoms in total. The van der Waals surface area contributed by atoms with Crippen LogP contribution in [0.15, 0.2) is 29.3 Å². The van der Waals surface area contributed by atoms with Crippen molar-refractivity contribution >= 4 is 11.9 Å². The van der Waals surface area contributed by atoms with E-state index in [1.165, 1.54) is 12.8 Å². The lowest BCUT2D eigenvalue weighted by Gasteiger charge is -2.29. The van der Waals surface area contributed by atoms with Gasteiger partial charge in [-0.3, -0.25) is 9.79 Å². The lowest BCUT2D eigenvalue weighted by molar-refractivity contribution is -0.149. The molecule has 0 amide bonds. The van der Waals surface area contributed by atoms with Crippen LogP contribution in [0.25, 0.3) is 0 Å². The summed E-state index contributed by atoms with van der Waals surface area (Å²) < 4.78 is 11.1. The fourth-order valence-corrected chi connectivity index (χ4v) is 3.58. The van der Waals surface area contributed by atoms with E-state index in [1.807, 2.05) is 25.1 Å². The van der Waals surface area contributed by atoms with Crippen LogP contribution < -0.4 is 15.4 Å². The fourth-order valence-electron chi connectivity index (χ4n) is 3.58. The largest absolute Gasteiger partial charge is 0.493 e. The first-order chi connectivity index (χ1) is 13.7. The maximum absolute atomic E-state index is 11.9. The molecule has 2 aliphatic carbocycles. The van der Waals surface area contributed by atoms with Gasteiger partial charge in [0.15, 0.2) is 5.96 Å². The Balaban J connectivity index is 1.45. The van der Waals surface area contributed by atoms with Gasteiger partial charge < -0.3 is 20.1 Å². The van der Waals surface area contributed by atoms with Crippen molar-refractivity contribution in [2.75, 3.05) is 20.3 Å². The molecule has 1 aromatic rings. The van der Waals surface area contributed by atoms with Crippen LogP contribution in [0, 0.1) is 11.8 Å². The highest BCUT2D eigenvalue weighted by Gasteiger charge is 2.27. The third-order valence-electron chi connectivity index (χ3n) is 5.50. The number of nitrogens with one attached hydrogen (secondary N) is 2. The Hall–Kier alpha value is -2.24. The van der Waals surface area contributed by atoms with Gasteiger partial charge in [-0.25, -0.2) is 0 Å². The van der Waals surface area contributed by atoms with Crippen LogP contribution in [0.5, 0.6) is 5.75 Å². The van der Waals surface area contributed by atoms with E-state index in [9.17, 15) is 4.79 Å². The van der Waals surface area contributed by atoms with Crippen molar-refractivity contribution in [2.24, 2.45) is 16.8 Å². The second kappa shape index (κ2) is 10.3. The Morgan fingerprint density at radius 3 is 2.57 bits per heavy atom. The van der Waals surface area contributed by atoms with Crippen molar-refractivity contribution in [2.45, 2.75) is 58.0 Å². The second-order valence-electron chi connectivity index (χ2n) is 7.73. The molecule has 0 spiro atoms. The molecule has 2 fully saturated rings. The average molecular weight is 388 g/mol. The predicted octanol–water partition coefficient (Wildman–Crippen LogP) is 3.26. The van der Waals surface area contributed by atoms with Crippen molar-refractivity contribution in [1.82, 2.24) is 10.6 Å². The summed E-state index contributed by atoms with van der Waals surface area (Å²) in [6, 6.07) is 8.51. The first-order valence-electron chi connectivity index (χ1n) is 10.5. The number of benzene rings is 1. The van der Waals surface area contributed by atoms with E-state index in [4.69, 9.17) is 9.47 Å². The first-order valence-corrected chi connectivity index (χ1v) is 10.5. The smallest absolute Gasteiger partial charge is 0.308 e. The number of aliphatic imine (C=N–C) groups is 1. The number of esters is 1. The molecule has 0 aromatic heterocycles. The highest BCUT2D eigenvalue weighted by Crippen LogP contribution is 2.30. The van der Waals surface area contributed by atoms with Gasteiger partial charge in [-0.15, -0.1) is 0 Å². The van der Waals surface area contributed by atoms with Gasteiger partial charge >= 0.3 is 5.97 Å². The number of guanidine groups is 1. The quantitative estimate of drug-likeness (QED) is 0.407. The third kappa shape index (κ3) is 6.14. The van der Waals surface area contributed by atoms with E-state index in [2.05, 4.69) is 21.7 Å². The lowest BCUT2D eigenvalue weighted by Crippen LogP contribution is -2.45. The number of nitrogens with zero attached hydrogens (tertiary/aromatic N) is 1. The number of hydrogen-bond donors (Lipinski definition) is 2. The minimum atomic E-state index is -0.0498. The highest BCUT2D eigenvalue weighted by atomic mass is 16.5. The molecule has 0 radical (unpaired) electrons. The predicted molar refractivity (Wildman–Crippen MR) is 110 cm³/mol. The van der Waals surface area contributed by atoms with Gasteiger partial charge in [-0.05, 0) is 57.4 Å². The molecule has 0 saturated heterocycles. The van der Waals surface area contributed by atoms with Gasteiger partial charge in [0, 0.05) is 25.2 Å². The van der Waals surface area contributed by atoms with Crippen molar-refractivity contribution in [1.29, 1.82) is 0 Å². The van der Waals surface area contributed by atoms with Crippen LogP contribution in [0.1, 0.15) is 51.0 Å². The zero-order valence-corrected chi connectivity index (χ0v) is 17.1. The molecular formula is C22H33N3O3. The molecule has 1 aromatic carbocycles. The summed E-state index contributed by atoms with van der Waals surface area (Å²) in [6.45, 7) is 3.79. The van der Waals surface area contributed by atoms with Gasteiger partial charge in [0.25, 0.3) is 0 Å². The average Bonchev–Trinajstić information content (AvgIpc) is 3.55. The summed E-state index contributed by atoms with van der Waals surface area (Å²) in [5.74, 6) is 2.47. The maximum Gasteiger partial charge on any atom is 0.308 e. The summed E-state index contributed by atoms with van der Waals surface area (Å²) in [7, 11) is 1.79. The molecule has 2 N–H and O–H groups in total. The minimum Gasteiger partial charge on any atom is -0.493 e. The number of rotatable bonds is 8. The van der Waals surface area contributed by atoms with Crippen LogP contribution in [-0.2, 0) is 16.1 Å². The SMILES string of the molecule is CCOC(=O)C1CCC(NC(=NC)NCc2ccccc2OCC2CC2)CC1. The van der Waals surface area contributed by atoms with Crippen molar-refractivity contribution in [3.05, 3.63) is 29.8 Å². The standard InChI is InChI=1S/C22H33N3O3/c1-3-27-21(26)17-10-12-19(13-11-17)25-22(23-2)24-14-18-6-4-5-7-20(18)28-15-16-8-9-16/h4-7,16-17,19H,3,8-15H2,1-2H3,(H2,23,24,25). The van der Waals surface area contributed by atoms with E-state index >= 15 is 0 Å². The van der Waals surface area contributed by atoms with E-state index in [-0.39, 0.29) is 11.9 Å². The Morgan fingerprint density at radius 1 is 1.14 bits per heavy atom. The summed E-state index contributed by atoms with van der Waals surface area (Å²) in [6.07, 6.45) is 6.21. The molecule has 0 heterocycles. The van der Waals surface area contributed by atoms with E-state index in [0.29, 0.717) is 19.2 Å². The molecule has 2 aliphatic rings. The Bertz CT molecular complexity index is 665. The Kier molecular flexibility index (Phi) is 7.57. The number of carbonyl (C=O) groups is 1. The third-order valence-corrected chi connectivity index (χ3v) is 5.50. The molecule has 28 heavy (non-hydrogen) atoms. The summed E-state index contributed by atoms with van der Waals surface area (Å²) in [5.41, 5.74) is 1.14. The van der Waals surface area contributed by atoms with E-state index in [0.717, 1.165) is 55.5 Å². The van der Waals surface area contributed by atoms with Crippen LogP contribution in [-0.4, -0.2) is 38.2 Å². The Labute approximate surface area is 168 Å². The highest BCUT2D eigenvalue weighted by molar-refractivity contribution is 5.80. The maximum atomic E-state index is 11.9. The van der Waals surface area contributed by atoms with Gasteiger partial charge in [-0.2, -0.15) is 0 Å². The first kappa shape index (κ1) is 20.5. The van der Waals surface area contributed by atoms with Crippen LogP contribution in [0.2, 0.25) is 0 Å². The minimum absolute atomic E-state index is 0.0449. The summed E-state index contributed by atoms with van der Waals surface area (Å²) in [5, 5.41) is 6.89. The van der Waals surface area contributed by atoms with E-state index < -0.39 is 0 Å². The molecular weight excluding hydrogens is 354 g/mol. The second-order valence-corrected chi connectivity index (χ2v) is 7.73. The molecule has 0 unspecified atom stereocenters. The van der Waals surface area contributed by atoms with Crippen molar-refractivity contribution in [3.8, 4) is 5.75 Å². The van der Waals surface area contributed by atoms with Crippen LogP contribution >= 0.6 is 0 Å². The van der Waals surface area contributed by atoms with E-state index in [1.54, 1.807) is 7.05 Å². The zero-order chi connectivity index (χ0) is 19.8. The molecule has 154 valence electrons. The van der Waals surface area contributed by atoms with Gasteiger partial charge in [-0.1, -0.05) is 18.2 Å². The lowest BCUT2D eigenvalue weighted by atomic mass is 9.86. The number of para-hydroxylation sites is 1. The molecule has 0 bridgehead atoms. The fraction of sp³-hybridized carbons (Fsp3) is 0.636. The van der Waals surface area contributed by atoms with Crippen LogP contribution in [0.4, 0.5) is 0 Å². The molecule has 3 rings (SSSR count).